The highest BCUT2D eigenvalue weighted by Crippen LogP contribution is 2.35. The van der Waals surface area contributed by atoms with Gasteiger partial charge in [-0.25, -0.2) is 8.42 Å². The van der Waals surface area contributed by atoms with E-state index in [2.05, 4.69) is 15.9 Å². The summed E-state index contributed by atoms with van der Waals surface area (Å²) >= 11 is 15.3. The van der Waals surface area contributed by atoms with E-state index in [-0.39, 0.29) is 21.0 Å². The Morgan fingerprint density at radius 3 is 2.11 bits per heavy atom. The van der Waals surface area contributed by atoms with Crippen LogP contribution >= 0.6 is 39.1 Å². The number of hydrogen-bond donors (Lipinski definition) is 0. The van der Waals surface area contributed by atoms with Crippen molar-refractivity contribution in [3.63, 3.8) is 0 Å². The van der Waals surface area contributed by atoms with E-state index >= 15 is 0 Å². The Kier molecular flexibility index (Phi) is 6.14. The van der Waals surface area contributed by atoms with Crippen LogP contribution in [0, 0.1) is 0 Å². The molecule has 1 rings (SSSR count). The molecule has 0 radical (unpaired) electrons. The fourth-order valence-corrected chi connectivity index (χ4v) is 5.39. The number of nitrogens with zero attached hydrogens (tertiary/aromatic N) is 1. The Labute approximate surface area is 133 Å². The van der Waals surface area contributed by atoms with E-state index in [0.29, 0.717) is 11.0 Å². The molecule has 0 spiro atoms. The zero-order valence-corrected chi connectivity index (χ0v) is 14.9. The third-order valence-electron chi connectivity index (χ3n) is 2.55. The van der Waals surface area contributed by atoms with Gasteiger partial charge in [0.05, 0.1) is 10.0 Å². The van der Waals surface area contributed by atoms with E-state index in [4.69, 9.17) is 23.2 Å². The van der Waals surface area contributed by atoms with Gasteiger partial charge in [0.25, 0.3) is 0 Å². The second-order valence-corrected chi connectivity index (χ2v) is 7.97. The van der Waals surface area contributed by atoms with Crippen molar-refractivity contribution in [1.29, 1.82) is 0 Å². The summed E-state index contributed by atoms with van der Waals surface area (Å²) in [6.45, 7) is 6.01. The van der Waals surface area contributed by atoms with Gasteiger partial charge in [-0.3, -0.25) is 0 Å². The van der Waals surface area contributed by atoms with Crippen LogP contribution < -0.4 is 0 Å². The summed E-state index contributed by atoms with van der Waals surface area (Å²) in [7, 11) is -3.69. The minimum absolute atomic E-state index is 0.0267. The van der Waals surface area contributed by atoms with Gasteiger partial charge in [-0.05, 0) is 32.4 Å². The van der Waals surface area contributed by atoms with Crippen molar-refractivity contribution in [1.82, 2.24) is 4.31 Å². The third-order valence-corrected chi connectivity index (χ3v) is 6.01. The average molecular weight is 389 g/mol. The summed E-state index contributed by atoms with van der Waals surface area (Å²) in [5.41, 5.74) is 0. The molecule has 0 aliphatic heterocycles. The summed E-state index contributed by atoms with van der Waals surface area (Å²) in [6, 6.07) is 2.91. The van der Waals surface area contributed by atoms with Crippen molar-refractivity contribution in [2.24, 2.45) is 0 Å². The molecule has 7 heteroatoms. The Hall–Kier alpha value is 0.190. The lowest BCUT2D eigenvalue weighted by Gasteiger charge is -2.26. The first-order valence-electron chi connectivity index (χ1n) is 5.88. The fourth-order valence-electron chi connectivity index (χ4n) is 1.77. The molecule has 0 unspecified atom stereocenters. The molecular weight excluding hydrogens is 373 g/mol. The summed E-state index contributed by atoms with van der Waals surface area (Å²) in [4.78, 5) is -0.0267. The first kappa shape index (κ1) is 17.2. The van der Waals surface area contributed by atoms with Gasteiger partial charge in [0.15, 0.2) is 0 Å². The number of hydrogen-bond acceptors (Lipinski definition) is 2. The molecule has 0 saturated heterocycles. The van der Waals surface area contributed by atoms with Crippen molar-refractivity contribution in [3.8, 4) is 0 Å². The van der Waals surface area contributed by atoms with Crippen LogP contribution in [-0.4, -0.2) is 25.3 Å². The Bertz CT molecular complexity index is 538. The summed E-state index contributed by atoms with van der Waals surface area (Å²) < 4.78 is 27.4. The van der Waals surface area contributed by atoms with Crippen LogP contribution in [0.2, 0.25) is 10.0 Å². The molecule has 0 atom stereocenters. The van der Waals surface area contributed by atoms with Gasteiger partial charge >= 0.3 is 0 Å². The molecule has 0 heterocycles. The largest absolute Gasteiger partial charge is 0.246 e. The van der Waals surface area contributed by atoms with Gasteiger partial charge in [-0.2, -0.15) is 4.31 Å². The number of rotatable bonds is 5. The van der Waals surface area contributed by atoms with Crippen LogP contribution in [0.1, 0.15) is 27.2 Å². The lowest BCUT2D eigenvalue weighted by Crippen LogP contribution is -2.37. The Morgan fingerprint density at radius 2 is 1.74 bits per heavy atom. The molecule has 19 heavy (non-hydrogen) atoms. The number of halogens is 3. The predicted molar refractivity (Wildman–Crippen MR) is 83.5 cm³/mol. The van der Waals surface area contributed by atoms with Gasteiger partial charge in [0.2, 0.25) is 10.0 Å². The number of benzene rings is 1. The second-order valence-electron chi connectivity index (χ2n) is 4.41. The minimum atomic E-state index is -3.69. The summed E-state index contributed by atoms with van der Waals surface area (Å²) in [6.07, 6.45) is 0.725. The summed E-state index contributed by atoms with van der Waals surface area (Å²) in [5.74, 6) is 0. The molecule has 3 nitrogen and oxygen atoms in total. The lowest BCUT2D eigenvalue weighted by atomic mass is 10.3. The highest BCUT2D eigenvalue weighted by molar-refractivity contribution is 9.10. The zero-order chi connectivity index (χ0) is 14.8. The van der Waals surface area contributed by atoms with E-state index in [1.807, 2.05) is 20.8 Å². The van der Waals surface area contributed by atoms with Gasteiger partial charge < -0.3 is 0 Å². The van der Waals surface area contributed by atoms with Crippen LogP contribution in [0.5, 0.6) is 0 Å². The molecule has 0 aliphatic carbocycles. The Balaban J connectivity index is 3.42. The molecule has 0 N–H and O–H groups in total. The van der Waals surface area contributed by atoms with E-state index in [1.54, 1.807) is 0 Å². The molecule has 108 valence electrons. The molecule has 1 aromatic rings. The predicted octanol–water partition coefficient (Wildman–Crippen LogP) is 4.57. The van der Waals surface area contributed by atoms with Crippen molar-refractivity contribution < 1.29 is 8.42 Å². The van der Waals surface area contributed by atoms with E-state index in [0.717, 1.165) is 6.42 Å². The van der Waals surface area contributed by atoms with Gasteiger partial charge in [-0.1, -0.05) is 46.1 Å². The maximum absolute atomic E-state index is 12.7. The fraction of sp³-hybridized carbons (Fsp3) is 0.500. The molecule has 0 fully saturated rings. The second kappa shape index (κ2) is 6.76. The van der Waals surface area contributed by atoms with Crippen LogP contribution in [-0.2, 0) is 10.0 Å². The van der Waals surface area contributed by atoms with Gasteiger partial charge in [-0.15, -0.1) is 0 Å². The first-order chi connectivity index (χ1) is 8.71. The molecule has 1 aromatic carbocycles. The first-order valence-corrected chi connectivity index (χ1v) is 8.87. The van der Waals surface area contributed by atoms with Crippen LogP contribution in [0.4, 0.5) is 0 Å². The maximum Gasteiger partial charge on any atom is 0.246 e. The van der Waals surface area contributed by atoms with Crippen LogP contribution in [0.25, 0.3) is 0 Å². The van der Waals surface area contributed by atoms with Crippen molar-refractivity contribution in [3.05, 3.63) is 26.7 Å². The SMILES string of the molecule is CCCN(C(C)C)S(=O)(=O)c1c(Cl)cc(Br)cc1Cl. The molecule has 0 bridgehead atoms. The molecular formula is C12H16BrCl2NO2S. The highest BCUT2D eigenvalue weighted by Gasteiger charge is 2.30. The average Bonchev–Trinajstić information content (AvgIpc) is 2.22. The van der Waals surface area contributed by atoms with Gasteiger partial charge in [0.1, 0.15) is 4.90 Å². The highest BCUT2D eigenvalue weighted by atomic mass is 79.9. The smallest absolute Gasteiger partial charge is 0.207 e. The van der Waals surface area contributed by atoms with Crippen LogP contribution in [0.15, 0.2) is 21.5 Å². The van der Waals surface area contributed by atoms with Crippen molar-refractivity contribution in [2.45, 2.75) is 38.1 Å². The lowest BCUT2D eigenvalue weighted by molar-refractivity contribution is 0.354. The van der Waals surface area contributed by atoms with Gasteiger partial charge in [0, 0.05) is 17.1 Å². The minimum Gasteiger partial charge on any atom is -0.207 e. The maximum atomic E-state index is 12.7. The van der Waals surface area contributed by atoms with Crippen molar-refractivity contribution >= 4 is 49.2 Å². The molecule has 0 aliphatic rings. The zero-order valence-electron chi connectivity index (χ0n) is 11.0. The van der Waals surface area contributed by atoms with Crippen LogP contribution in [0.3, 0.4) is 0 Å². The monoisotopic (exact) mass is 387 g/mol. The molecule has 0 saturated carbocycles. The third kappa shape index (κ3) is 3.85. The molecule has 0 amide bonds. The standard InChI is InChI=1S/C12H16BrCl2NO2S/c1-4-5-16(8(2)3)19(17,18)12-10(14)6-9(13)7-11(12)15/h6-8H,4-5H2,1-3H3. The van der Waals surface area contributed by atoms with E-state index < -0.39 is 10.0 Å². The quantitative estimate of drug-likeness (QED) is 0.740. The summed E-state index contributed by atoms with van der Waals surface area (Å²) in [5, 5.41) is 0.252. The van der Waals surface area contributed by atoms with E-state index in [1.165, 1.54) is 16.4 Å². The number of sulfonamides is 1. The normalized spacial score (nSPS) is 12.4. The Morgan fingerprint density at radius 1 is 1.26 bits per heavy atom. The van der Waals surface area contributed by atoms with Crippen molar-refractivity contribution in [2.75, 3.05) is 6.54 Å². The topological polar surface area (TPSA) is 37.4 Å². The molecule has 0 aromatic heterocycles. The van der Waals surface area contributed by atoms with E-state index in [9.17, 15) is 8.42 Å².